The van der Waals surface area contributed by atoms with Gasteiger partial charge >= 0.3 is 0 Å². The lowest BCUT2D eigenvalue weighted by molar-refractivity contribution is 0.102. The maximum absolute atomic E-state index is 12.3. The number of hydrogen-bond donors (Lipinski definition) is 2. The Morgan fingerprint density at radius 3 is 2.58 bits per heavy atom. The maximum atomic E-state index is 12.3. The van der Waals surface area contributed by atoms with Gasteiger partial charge in [0.05, 0.1) is 24.7 Å². The molecule has 1 aromatic carbocycles. The largest absolute Gasteiger partial charge is 0.467 e. The van der Waals surface area contributed by atoms with Crippen LogP contribution in [0.2, 0.25) is 0 Å². The average Bonchev–Trinajstić information content (AvgIpc) is 3.10. The number of furan rings is 1. The van der Waals surface area contributed by atoms with E-state index in [9.17, 15) is 4.79 Å². The summed E-state index contributed by atoms with van der Waals surface area (Å²) in [6, 6.07) is 13.1. The van der Waals surface area contributed by atoms with Crippen molar-refractivity contribution in [1.29, 1.82) is 0 Å². The van der Waals surface area contributed by atoms with E-state index in [4.69, 9.17) is 4.42 Å². The highest BCUT2D eigenvalue weighted by Crippen LogP contribution is 2.15. The number of rotatable bonds is 5. The number of amides is 1. The molecule has 5 heteroatoms. The number of pyridine rings is 1. The van der Waals surface area contributed by atoms with E-state index in [0.717, 1.165) is 22.7 Å². The Hall–Kier alpha value is -3.08. The van der Waals surface area contributed by atoms with Crippen LogP contribution in [0.5, 0.6) is 0 Å². The van der Waals surface area contributed by atoms with Crippen LogP contribution in [0.25, 0.3) is 0 Å². The average molecular weight is 321 g/mol. The topological polar surface area (TPSA) is 67.2 Å². The molecule has 3 rings (SSSR count). The number of aromatic nitrogens is 1. The Balaban J connectivity index is 1.61. The molecule has 2 aromatic heterocycles. The Kier molecular flexibility index (Phi) is 4.61. The first-order chi connectivity index (χ1) is 11.6. The highest BCUT2D eigenvalue weighted by Gasteiger charge is 2.08. The summed E-state index contributed by atoms with van der Waals surface area (Å²) in [6.45, 7) is 4.63. The number of nitrogens with one attached hydrogen (secondary N) is 2. The standard InChI is InChI=1S/C19H19N3O2/c1-13-5-6-15(10-14(13)2)22-19(23)18-8-7-16(11-21-18)20-12-17-4-3-9-24-17/h3-11,20H,12H2,1-2H3,(H,22,23). The molecule has 0 fully saturated rings. The van der Waals surface area contributed by atoms with Gasteiger partial charge in [0.15, 0.2) is 0 Å². The summed E-state index contributed by atoms with van der Waals surface area (Å²) in [7, 11) is 0. The van der Waals surface area contributed by atoms with Gasteiger partial charge in [0, 0.05) is 5.69 Å². The third-order valence-electron chi connectivity index (χ3n) is 3.81. The van der Waals surface area contributed by atoms with E-state index in [1.54, 1.807) is 18.5 Å². The molecule has 0 saturated carbocycles. The zero-order valence-corrected chi connectivity index (χ0v) is 13.7. The second-order valence-corrected chi connectivity index (χ2v) is 5.62. The van der Waals surface area contributed by atoms with E-state index >= 15 is 0 Å². The summed E-state index contributed by atoms with van der Waals surface area (Å²) in [5.41, 5.74) is 4.30. The quantitative estimate of drug-likeness (QED) is 0.740. The molecule has 0 aliphatic rings. The Morgan fingerprint density at radius 1 is 1.08 bits per heavy atom. The smallest absolute Gasteiger partial charge is 0.274 e. The third-order valence-corrected chi connectivity index (χ3v) is 3.81. The fraction of sp³-hybridized carbons (Fsp3) is 0.158. The van der Waals surface area contributed by atoms with E-state index in [2.05, 4.69) is 15.6 Å². The summed E-state index contributed by atoms with van der Waals surface area (Å²) in [5.74, 6) is 0.613. The molecule has 0 aliphatic heterocycles. The molecule has 3 aromatic rings. The second kappa shape index (κ2) is 7.00. The van der Waals surface area contributed by atoms with Crippen molar-refractivity contribution in [3.63, 3.8) is 0 Å². The lowest BCUT2D eigenvalue weighted by Gasteiger charge is -2.08. The third kappa shape index (κ3) is 3.81. The van der Waals surface area contributed by atoms with Crippen LogP contribution in [0.3, 0.4) is 0 Å². The fourth-order valence-corrected chi connectivity index (χ4v) is 2.25. The number of aryl methyl sites for hydroxylation is 2. The van der Waals surface area contributed by atoms with Crippen LogP contribution in [-0.2, 0) is 6.54 Å². The van der Waals surface area contributed by atoms with Crippen molar-refractivity contribution in [2.45, 2.75) is 20.4 Å². The second-order valence-electron chi connectivity index (χ2n) is 5.62. The summed E-state index contributed by atoms with van der Waals surface area (Å²) in [6.07, 6.45) is 3.27. The van der Waals surface area contributed by atoms with E-state index in [0.29, 0.717) is 12.2 Å². The SMILES string of the molecule is Cc1ccc(NC(=O)c2ccc(NCc3ccco3)cn2)cc1C. The van der Waals surface area contributed by atoms with E-state index in [1.165, 1.54) is 5.56 Å². The van der Waals surface area contributed by atoms with Gasteiger partial charge in [-0.3, -0.25) is 4.79 Å². The van der Waals surface area contributed by atoms with Gasteiger partial charge in [0.1, 0.15) is 11.5 Å². The van der Waals surface area contributed by atoms with Crippen LogP contribution in [0.4, 0.5) is 11.4 Å². The Labute approximate surface area is 140 Å². The molecule has 0 aliphatic carbocycles. The molecule has 0 atom stereocenters. The zero-order valence-electron chi connectivity index (χ0n) is 13.7. The van der Waals surface area contributed by atoms with E-state index < -0.39 is 0 Å². The lowest BCUT2D eigenvalue weighted by atomic mass is 10.1. The van der Waals surface area contributed by atoms with Gasteiger partial charge in [0.25, 0.3) is 5.91 Å². The minimum Gasteiger partial charge on any atom is -0.467 e. The molecule has 0 unspecified atom stereocenters. The van der Waals surface area contributed by atoms with Crippen molar-refractivity contribution in [3.05, 3.63) is 77.5 Å². The number of carbonyl (C=O) groups is 1. The van der Waals surface area contributed by atoms with Gasteiger partial charge in [-0.05, 0) is 61.4 Å². The molecule has 0 spiro atoms. The normalized spacial score (nSPS) is 10.4. The van der Waals surface area contributed by atoms with Gasteiger partial charge < -0.3 is 15.1 Å². The molecule has 2 N–H and O–H groups in total. The van der Waals surface area contributed by atoms with Gasteiger partial charge in [-0.1, -0.05) is 6.07 Å². The molecular formula is C19H19N3O2. The summed E-state index contributed by atoms with van der Waals surface area (Å²) < 4.78 is 5.25. The number of anilines is 2. The number of nitrogens with zero attached hydrogens (tertiary/aromatic N) is 1. The first-order valence-corrected chi connectivity index (χ1v) is 7.73. The van der Waals surface area contributed by atoms with Crippen LogP contribution in [-0.4, -0.2) is 10.9 Å². The molecule has 2 heterocycles. The minimum atomic E-state index is -0.226. The predicted molar refractivity (Wildman–Crippen MR) is 94.1 cm³/mol. The van der Waals surface area contributed by atoms with Crippen LogP contribution < -0.4 is 10.6 Å². The van der Waals surface area contributed by atoms with Crippen molar-refractivity contribution in [2.24, 2.45) is 0 Å². The molecule has 24 heavy (non-hydrogen) atoms. The Morgan fingerprint density at radius 2 is 1.92 bits per heavy atom. The molecule has 5 nitrogen and oxygen atoms in total. The van der Waals surface area contributed by atoms with E-state index in [1.807, 2.05) is 50.2 Å². The van der Waals surface area contributed by atoms with Crippen molar-refractivity contribution in [1.82, 2.24) is 4.98 Å². The van der Waals surface area contributed by atoms with Crippen LogP contribution in [0.15, 0.2) is 59.3 Å². The first-order valence-electron chi connectivity index (χ1n) is 7.73. The molecule has 0 radical (unpaired) electrons. The molecule has 0 bridgehead atoms. The van der Waals surface area contributed by atoms with Crippen LogP contribution in [0.1, 0.15) is 27.4 Å². The number of carbonyl (C=O) groups excluding carboxylic acids is 1. The molecular weight excluding hydrogens is 302 g/mol. The van der Waals surface area contributed by atoms with Gasteiger partial charge in [-0.25, -0.2) is 4.98 Å². The highest BCUT2D eigenvalue weighted by molar-refractivity contribution is 6.03. The van der Waals surface area contributed by atoms with Gasteiger partial charge in [-0.2, -0.15) is 0 Å². The van der Waals surface area contributed by atoms with Crippen molar-refractivity contribution < 1.29 is 9.21 Å². The first kappa shape index (κ1) is 15.8. The van der Waals surface area contributed by atoms with Gasteiger partial charge in [0.2, 0.25) is 0 Å². The lowest BCUT2D eigenvalue weighted by Crippen LogP contribution is -2.14. The predicted octanol–water partition coefficient (Wildman–Crippen LogP) is 4.16. The van der Waals surface area contributed by atoms with Crippen molar-refractivity contribution >= 4 is 17.3 Å². The molecule has 122 valence electrons. The highest BCUT2D eigenvalue weighted by atomic mass is 16.3. The van der Waals surface area contributed by atoms with Crippen LogP contribution in [0, 0.1) is 13.8 Å². The van der Waals surface area contributed by atoms with Gasteiger partial charge in [-0.15, -0.1) is 0 Å². The van der Waals surface area contributed by atoms with Crippen LogP contribution >= 0.6 is 0 Å². The van der Waals surface area contributed by atoms with E-state index in [-0.39, 0.29) is 5.91 Å². The maximum Gasteiger partial charge on any atom is 0.274 e. The summed E-state index contributed by atoms with van der Waals surface area (Å²) in [4.78, 5) is 16.5. The summed E-state index contributed by atoms with van der Waals surface area (Å²) in [5, 5.41) is 6.05. The number of hydrogen-bond acceptors (Lipinski definition) is 4. The Bertz CT molecular complexity index is 824. The fourth-order valence-electron chi connectivity index (χ4n) is 2.25. The monoisotopic (exact) mass is 321 g/mol. The van der Waals surface area contributed by atoms with Crippen molar-refractivity contribution in [2.75, 3.05) is 10.6 Å². The number of benzene rings is 1. The summed E-state index contributed by atoms with van der Waals surface area (Å²) >= 11 is 0. The van der Waals surface area contributed by atoms with Crippen molar-refractivity contribution in [3.8, 4) is 0 Å². The zero-order chi connectivity index (χ0) is 16.9. The molecule has 1 amide bonds. The molecule has 0 saturated heterocycles. The minimum absolute atomic E-state index is 0.226.